The number of aryl methyl sites for hydroxylation is 1. The first-order valence-electron chi connectivity index (χ1n) is 9.95. The number of fused-ring (bicyclic) bond motifs is 1. The van der Waals surface area contributed by atoms with E-state index < -0.39 is 10.0 Å². The van der Waals surface area contributed by atoms with Crippen molar-refractivity contribution in [3.05, 3.63) is 76.9 Å². The number of thiazole rings is 1. The maximum absolute atomic E-state index is 13.5. The topological polar surface area (TPSA) is 64.8 Å². The lowest BCUT2D eigenvalue weighted by Gasteiger charge is -2.18. The molecule has 30 heavy (non-hydrogen) atoms. The lowest BCUT2D eigenvalue weighted by atomic mass is 9.87. The molecule has 5 rings (SSSR count). The van der Waals surface area contributed by atoms with Crippen molar-refractivity contribution in [1.82, 2.24) is 13.9 Å². The average molecular weight is 436 g/mol. The van der Waals surface area contributed by atoms with E-state index in [0.29, 0.717) is 5.65 Å². The summed E-state index contributed by atoms with van der Waals surface area (Å²) < 4.78 is 28.3. The molecule has 0 aliphatic heterocycles. The fourth-order valence-corrected chi connectivity index (χ4v) is 6.05. The maximum Gasteiger partial charge on any atom is 0.269 e. The van der Waals surface area contributed by atoms with Gasteiger partial charge in [-0.3, -0.25) is 0 Å². The molecule has 1 aliphatic rings. The van der Waals surface area contributed by atoms with Crippen LogP contribution in [0, 0.1) is 6.92 Å². The molecule has 0 N–H and O–H groups in total. The van der Waals surface area contributed by atoms with Gasteiger partial charge in [-0.15, -0.1) is 11.3 Å². The summed E-state index contributed by atoms with van der Waals surface area (Å²) in [6.07, 6.45) is 11.1. The van der Waals surface area contributed by atoms with E-state index in [1.54, 1.807) is 48.0 Å². The predicted octanol–water partition coefficient (Wildman–Crippen LogP) is 5.53. The van der Waals surface area contributed by atoms with Crippen molar-refractivity contribution in [2.24, 2.45) is 0 Å². The van der Waals surface area contributed by atoms with Crippen LogP contribution in [0.4, 0.5) is 0 Å². The zero-order valence-corrected chi connectivity index (χ0v) is 18.2. The largest absolute Gasteiger partial charge is 0.269 e. The van der Waals surface area contributed by atoms with Gasteiger partial charge in [-0.05, 0) is 49.9 Å². The van der Waals surface area contributed by atoms with Gasteiger partial charge in [0.25, 0.3) is 10.0 Å². The van der Waals surface area contributed by atoms with Crippen molar-refractivity contribution in [2.45, 2.75) is 37.0 Å². The number of nitrogens with zero attached hydrogens (tertiary/aromatic N) is 3. The number of hydrogen-bond acceptors (Lipinski definition) is 5. The number of hydrogen-bond donors (Lipinski definition) is 0. The Morgan fingerprint density at radius 2 is 2.00 bits per heavy atom. The van der Waals surface area contributed by atoms with Gasteiger partial charge < -0.3 is 0 Å². The molecule has 1 atom stereocenters. The summed E-state index contributed by atoms with van der Waals surface area (Å²) in [7, 11) is -3.78. The third-order valence-electron chi connectivity index (χ3n) is 5.54. The van der Waals surface area contributed by atoms with Crippen LogP contribution < -0.4 is 0 Å². The molecular weight excluding hydrogens is 414 g/mol. The van der Waals surface area contributed by atoms with Crippen molar-refractivity contribution in [3.63, 3.8) is 0 Å². The number of pyridine rings is 1. The summed E-state index contributed by atoms with van der Waals surface area (Å²) in [5.41, 5.74) is 3.17. The Kier molecular flexibility index (Phi) is 4.79. The van der Waals surface area contributed by atoms with E-state index >= 15 is 0 Å². The third kappa shape index (κ3) is 3.18. The Morgan fingerprint density at radius 3 is 2.70 bits per heavy atom. The Balaban J connectivity index is 1.82. The summed E-state index contributed by atoms with van der Waals surface area (Å²) >= 11 is 1.56. The molecule has 0 amide bonds. The Morgan fingerprint density at radius 1 is 1.17 bits per heavy atom. The van der Waals surface area contributed by atoms with E-state index in [-0.39, 0.29) is 10.8 Å². The van der Waals surface area contributed by atoms with Gasteiger partial charge in [-0.1, -0.05) is 30.4 Å². The maximum atomic E-state index is 13.5. The standard InChI is InChI=1S/C23H21N3O2S2/c1-16-25-21(15-29-16)20-14-26(30(27,28)18-10-6-3-7-11-18)23-22(20)19(12-13-24-23)17-8-4-2-5-9-17/h3-4,6-8,10-15,17H,2,5,9H2,1H3. The predicted molar refractivity (Wildman–Crippen MR) is 120 cm³/mol. The van der Waals surface area contributed by atoms with Gasteiger partial charge in [0.1, 0.15) is 0 Å². The second-order valence-corrected chi connectivity index (χ2v) is 10.3. The zero-order chi connectivity index (χ0) is 20.7. The Bertz CT molecular complexity index is 1350. The van der Waals surface area contributed by atoms with Crippen molar-refractivity contribution in [3.8, 4) is 11.3 Å². The fraction of sp³-hybridized carbons (Fsp3) is 0.217. The van der Waals surface area contributed by atoms with E-state index in [0.717, 1.165) is 46.5 Å². The van der Waals surface area contributed by atoms with Gasteiger partial charge in [-0.2, -0.15) is 0 Å². The van der Waals surface area contributed by atoms with Gasteiger partial charge in [0.2, 0.25) is 0 Å². The lowest BCUT2D eigenvalue weighted by molar-refractivity contribution is 0.589. The van der Waals surface area contributed by atoms with Gasteiger partial charge in [0.05, 0.1) is 15.6 Å². The molecule has 0 spiro atoms. The van der Waals surface area contributed by atoms with E-state index in [1.807, 2.05) is 24.4 Å². The van der Waals surface area contributed by atoms with E-state index in [2.05, 4.69) is 22.1 Å². The van der Waals surface area contributed by atoms with Crippen molar-refractivity contribution in [1.29, 1.82) is 0 Å². The van der Waals surface area contributed by atoms with Crippen LogP contribution in [-0.2, 0) is 10.0 Å². The first kappa shape index (κ1) is 19.2. The minimum absolute atomic E-state index is 0.243. The summed E-state index contributed by atoms with van der Waals surface area (Å²) in [6.45, 7) is 1.96. The summed E-state index contributed by atoms with van der Waals surface area (Å²) in [4.78, 5) is 9.41. The molecule has 5 nitrogen and oxygen atoms in total. The highest BCUT2D eigenvalue weighted by Gasteiger charge is 2.26. The lowest BCUT2D eigenvalue weighted by Crippen LogP contribution is -2.12. The van der Waals surface area contributed by atoms with Crippen molar-refractivity contribution in [2.75, 3.05) is 0 Å². The first-order valence-corrected chi connectivity index (χ1v) is 12.3. The molecule has 0 saturated carbocycles. The first-order chi connectivity index (χ1) is 14.6. The number of allylic oxidation sites excluding steroid dienone is 2. The van der Waals surface area contributed by atoms with E-state index in [4.69, 9.17) is 0 Å². The quantitative estimate of drug-likeness (QED) is 0.395. The molecule has 0 saturated heterocycles. The van der Waals surface area contributed by atoms with E-state index in [9.17, 15) is 8.42 Å². The van der Waals surface area contributed by atoms with Crippen LogP contribution in [0.3, 0.4) is 0 Å². The molecule has 1 unspecified atom stereocenters. The van der Waals surface area contributed by atoms with Crippen LogP contribution in [0.15, 0.2) is 71.2 Å². The van der Waals surface area contributed by atoms with Gasteiger partial charge >= 0.3 is 0 Å². The molecule has 0 bridgehead atoms. The molecule has 1 aliphatic carbocycles. The molecule has 4 aromatic rings. The highest BCUT2D eigenvalue weighted by molar-refractivity contribution is 7.90. The summed E-state index contributed by atoms with van der Waals surface area (Å²) in [5, 5.41) is 3.80. The molecule has 7 heteroatoms. The molecule has 0 radical (unpaired) electrons. The summed E-state index contributed by atoms with van der Waals surface area (Å²) in [5.74, 6) is 0.248. The zero-order valence-electron chi connectivity index (χ0n) is 16.5. The number of benzene rings is 1. The van der Waals surface area contributed by atoms with Crippen LogP contribution in [-0.4, -0.2) is 22.4 Å². The van der Waals surface area contributed by atoms with Crippen LogP contribution >= 0.6 is 11.3 Å². The van der Waals surface area contributed by atoms with Crippen LogP contribution in [0.2, 0.25) is 0 Å². The highest BCUT2D eigenvalue weighted by Crippen LogP contribution is 2.39. The molecule has 3 heterocycles. The van der Waals surface area contributed by atoms with Crippen LogP contribution in [0.25, 0.3) is 22.3 Å². The molecule has 1 aromatic carbocycles. The monoisotopic (exact) mass is 435 g/mol. The SMILES string of the molecule is Cc1nc(-c2cn(S(=O)(=O)c3ccccc3)c3nccc(C4C=CCCC4)c23)cs1. The fourth-order valence-electron chi connectivity index (χ4n) is 4.10. The molecular formula is C23H21N3O2S2. The van der Waals surface area contributed by atoms with Gasteiger partial charge in [0.15, 0.2) is 5.65 Å². The minimum atomic E-state index is -3.78. The van der Waals surface area contributed by atoms with Crippen LogP contribution in [0.5, 0.6) is 0 Å². The van der Waals surface area contributed by atoms with Gasteiger partial charge in [-0.25, -0.2) is 22.4 Å². The van der Waals surface area contributed by atoms with Gasteiger partial charge in [0, 0.05) is 34.6 Å². The van der Waals surface area contributed by atoms with E-state index in [1.165, 1.54) is 3.97 Å². The minimum Gasteiger partial charge on any atom is -0.241 e. The third-order valence-corrected chi connectivity index (χ3v) is 7.97. The van der Waals surface area contributed by atoms with Crippen LogP contribution in [0.1, 0.15) is 35.8 Å². The average Bonchev–Trinajstić information content (AvgIpc) is 3.39. The summed E-state index contributed by atoms with van der Waals surface area (Å²) in [6, 6.07) is 10.5. The second-order valence-electron chi connectivity index (χ2n) is 7.47. The number of rotatable bonds is 4. The molecule has 0 fully saturated rings. The normalized spacial score (nSPS) is 16.9. The number of aromatic nitrogens is 3. The van der Waals surface area contributed by atoms with Crippen molar-refractivity contribution >= 4 is 32.4 Å². The van der Waals surface area contributed by atoms with Crippen molar-refractivity contribution < 1.29 is 8.42 Å². The molecule has 152 valence electrons. The Labute approximate surface area is 179 Å². The highest BCUT2D eigenvalue weighted by atomic mass is 32.2. The molecule has 3 aromatic heterocycles. The second kappa shape index (κ2) is 7.49. The Hall–Kier alpha value is -2.77. The smallest absolute Gasteiger partial charge is 0.241 e.